The second-order valence-corrected chi connectivity index (χ2v) is 7.75. The molecule has 3 aromatic rings. The van der Waals surface area contributed by atoms with E-state index in [4.69, 9.17) is 9.84 Å². The summed E-state index contributed by atoms with van der Waals surface area (Å²) in [5.74, 6) is 1.63. The van der Waals surface area contributed by atoms with E-state index in [1.807, 2.05) is 6.07 Å². The molecule has 9 heteroatoms. The molecule has 0 spiro atoms. The number of rotatable bonds is 5. The van der Waals surface area contributed by atoms with Gasteiger partial charge in [0.1, 0.15) is 40.9 Å². The zero-order valence-corrected chi connectivity index (χ0v) is 16.6. The number of piperidine rings is 1. The van der Waals surface area contributed by atoms with Crippen molar-refractivity contribution in [3.8, 4) is 23.2 Å². The molecule has 0 amide bonds. The smallest absolute Gasteiger partial charge is 0.157 e. The predicted octanol–water partition coefficient (Wildman–Crippen LogP) is 2.66. The Morgan fingerprint density at radius 2 is 2.20 bits per heavy atom. The molecule has 2 atom stereocenters. The average molecular weight is 407 g/mol. The molecule has 0 aromatic carbocycles. The number of nitrogens with zero attached hydrogens (tertiary/aromatic N) is 5. The number of imidazole rings is 1. The summed E-state index contributed by atoms with van der Waals surface area (Å²) in [7, 11) is 1.63. The highest BCUT2D eigenvalue weighted by molar-refractivity contribution is 5.68. The normalized spacial score (nSPS) is 21.4. The van der Waals surface area contributed by atoms with E-state index in [1.165, 1.54) is 0 Å². The summed E-state index contributed by atoms with van der Waals surface area (Å²) in [6.45, 7) is 1.20. The van der Waals surface area contributed by atoms with Gasteiger partial charge in [0.05, 0.1) is 24.9 Å². The van der Waals surface area contributed by atoms with Crippen LogP contribution in [0.25, 0.3) is 17.0 Å². The zero-order valence-electron chi connectivity index (χ0n) is 16.6. The number of nitrogens with one attached hydrogen (secondary N) is 2. The van der Waals surface area contributed by atoms with Crippen molar-refractivity contribution < 1.29 is 9.13 Å². The van der Waals surface area contributed by atoms with Crippen LogP contribution in [0.15, 0.2) is 24.4 Å². The molecule has 1 saturated carbocycles. The van der Waals surface area contributed by atoms with Crippen LogP contribution in [-0.4, -0.2) is 52.0 Å². The molecule has 1 aliphatic heterocycles. The van der Waals surface area contributed by atoms with Crippen LogP contribution in [0.4, 0.5) is 10.2 Å². The van der Waals surface area contributed by atoms with Gasteiger partial charge in [-0.2, -0.15) is 10.4 Å². The lowest BCUT2D eigenvalue weighted by atomic mass is 10.1. The molecule has 154 valence electrons. The van der Waals surface area contributed by atoms with Crippen LogP contribution >= 0.6 is 0 Å². The van der Waals surface area contributed by atoms with Gasteiger partial charge in [-0.25, -0.2) is 18.9 Å². The Morgan fingerprint density at radius 3 is 2.93 bits per heavy atom. The number of anilines is 1. The first-order valence-electron chi connectivity index (χ1n) is 10.1. The number of ether oxygens (including phenoxy) is 1. The minimum Gasteiger partial charge on any atom is -0.495 e. The third kappa shape index (κ3) is 3.33. The van der Waals surface area contributed by atoms with Crippen LogP contribution in [0.5, 0.6) is 5.75 Å². The highest BCUT2D eigenvalue weighted by atomic mass is 19.1. The Kier molecular flexibility index (Phi) is 4.71. The largest absolute Gasteiger partial charge is 0.495 e. The fraction of sp³-hybridized carbons (Fsp3) is 0.429. The minimum absolute atomic E-state index is 0.363. The number of pyridine rings is 1. The van der Waals surface area contributed by atoms with E-state index in [2.05, 4.69) is 26.7 Å². The number of hydrogen-bond donors (Lipinski definition) is 2. The zero-order chi connectivity index (χ0) is 20.7. The average Bonchev–Trinajstić information content (AvgIpc) is 3.54. The fourth-order valence-electron chi connectivity index (χ4n) is 3.86. The maximum atomic E-state index is 14.2. The quantitative estimate of drug-likeness (QED) is 0.671. The van der Waals surface area contributed by atoms with Gasteiger partial charge in [-0.1, -0.05) is 0 Å². The van der Waals surface area contributed by atoms with E-state index in [1.54, 1.807) is 30.0 Å². The second-order valence-electron chi connectivity index (χ2n) is 7.75. The molecule has 8 nitrogen and oxygen atoms in total. The molecule has 3 aromatic heterocycles. The summed E-state index contributed by atoms with van der Waals surface area (Å²) in [4.78, 5) is 9.08. The van der Waals surface area contributed by atoms with Gasteiger partial charge in [-0.15, -0.1) is 0 Å². The Morgan fingerprint density at radius 1 is 1.33 bits per heavy atom. The SMILES string of the molecule is COc1cc2ncc(-c3nc(N[C@H]4CNCC[C@@H]4F)ccc3C#N)n2nc1C1CC1. The summed E-state index contributed by atoms with van der Waals surface area (Å²) in [5, 5.41) is 20.7. The maximum Gasteiger partial charge on any atom is 0.157 e. The van der Waals surface area contributed by atoms with E-state index in [0.29, 0.717) is 53.8 Å². The number of aromatic nitrogens is 4. The Hall–Kier alpha value is -3.25. The fourth-order valence-corrected chi connectivity index (χ4v) is 3.86. The first-order valence-corrected chi connectivity index (χ1v) is 10.1. The molecule has 30 heavy (non-hydrogen) atoms. The van der Waals surface area contributed by atoms with Crippen LogP contribution in [0.1, 0.15) is 36.4 Å². The first-order chi connectivity index (χ1) is 14.7. The van der Waals surface area contributed by atoms with Crippen LogP contribution < -0.4 is 15.4 Å². The molecule has 0 unspecified atom stereocenters. The van der Waals surface area contributed by atoms with Crippen LogP contribution in [0, 0.1) is 11.3 Å². The van der Waals surface area contributed by atoms with Crippen molar-refractivity contribution in [3.05, 3.63) is 35.7 Å². The topological polar surface area (TPSA) is 100 Å². The Balaban J connectivity index is 1.56. The van der Waals surface area contributed by atoms with E-state index in [0.717, 1.165) is 24.3 Å². The summed E-state index contributed by atoms with van der Waals surface area (Å²) in [6.07, 6.45) is 3.34. The molecule has 2 N–H and O–H groups in total. The Labute approximate surface area is 173 Å². The molecular weight excluding hydrogens is 385 g/mol. The van der Waals surface area contributed by atoms with Crippen molar-refractivity contribution >= 4 is 11.5 Å². The number of alkyl halides is 1. The number of hydrogen-bond acceptors (Lipinski definition) is 7. The highest BCUT2D eigenvalue weighted by Crippen LogP contribution is 2.43. The highest BCUT2D eigenvalue weighted by Gasteiger charge is 2.30. The summed E-state index contributed by atoms with van der Waals surface area (Å²) in [6, 6.07) is 7.09. The molecule has 5 rings (SSSR count). The van der Waals surface area contributed by atoms with Gasteiger partial charge < -0.3 is 15.4 Å². The first kappa shape index (κ1) is 18.8. The Bertz CT molecular complexity index is 1130. The van der Waals surface area contributed by atoms with Crippen LogP contribution in [0.2, 0.25) is 0 Å². The lowest BCUT2D eigenvalue weighted by Crippen LogP contribution is -2.46. The third-order valence-electron chi connectivity index (χ3n) is 5.66. The molecule has 1 aliphatic carbocycles. The standard InChI is InChI=1S/C21H22FN7O/c1-30-17-8-19-25-11-16(29(19)28-21(17)12-2-3-12)20-13(9-23)4-5-18(27-20)26-15-10-24-7-6-14(15)22/h4-5,8,11-12,14-15,24H,2-3,6-7,10H2,1H3,(H,26,27)/t14-,15-/m0/s1. The van der Waals surface area contributed by atoms with Crippen molar-refractivity contribution in [2.24, 2.45) is 0 Å². The molecule has 0 bridgehead atoms. The molecule has 2 aliphatic rings. The van der Waals surface area contributed by atoms with E-state index < -0.39 is 6.17 Å². The van der Waals surface area contributed by atoms with E-state index >= 15 is 0 Å². The summed E-state index contributed by atoms with van der Waals surface area (Å²) in [5.41, 5.74) is 3.01. The maximum absolute atomic E-state index is 14.2. The van der Waals surface area contributed by atoms with Gasteiger partial charge in [-0.05, 0) is 37.9 Å². The van der Waals surface area contributed by atoms with Crippen molar-refractivity contribution in [2.75, 3.05) is 25.5 Å². The molecule has 1 saturated heterocycles. The number of halogens is 1. The predicted molar refractivity (Wildman–Crippen MR) is 109 cm³/mol. The van der Waals surface area contributed by atoms with Gasteiger partial charge in [0.15, 0.2) is 5.65 Å². The van der Waals surface area contributed by atoms with Gasteiger partial charge in [-0.3, -0.25) is 0 Å². The second kappa shape index (κ2) is 7.54. The molecule has 4 heterocycles. The minimum atomic E-state index is -0.946. The van der Waals surface area contributed by atoms with Gasteiger partial charge in [0.2, 0.25) is 0 Å². The monoisotopic (exact) mass is 407 g/mol. The van der Waals surface area contributed by atoms with Crippen LogP contribution in [-0.2, 0) is 0 Å². The molecular formula is C21H22FN7O. The van der Waals surface area contributed by atoms with Crippen molar-refractivity contribution in [1.82, 2.24) is 24.9 Å². The van der Waals surface area contributed by atoms with E-state index in [-0.39, 0.29) is 6.04 Å². The van der Waals surface area contributed by atoms with Crippen molar-refractivity contribution in [2.45, 2.75) is 37.4 Å². The van der Waals surface area contributed by atoms with Gasteiger partial charge in [0, 0.05) is 18.5 Å². The van der Waals surface area contributed by atoms with E-state index in [9.17, 15) is 9.65 Å². The third-order valence-corrected chi connectivity index (χ3v) is 5.66. The number of fused-ring (bicyclic) bond motifs is 1. The van der Waals surface area contributed by atoms with Crippen molar-refractivity contribution in [3.63, 3.8) is 0 Å². The lowest BCUT2D eigenvalue weighted by Gasteiger charge is -2.28. The lowest BCUT2D eigenvalue weighted by molar-refractivity contribution is 0.241. The summed E-state index contributed by atoms with van der Waals surface area (Å²) < 4.78 is 21.4. The number of nitriles is 1. The van der Waals surface area contributed by atoms with Crippen LogP contribution in [0.3, 0.4) is 0 Å². The summed E-state index contributed by atoms with van der Waals surface area (Å²) >= 11 is 0. The molecule has 0 radical (unpaired) electrons. The van der Waals surface area contributed by atoms with Crippen molar-refractivity contribution in [1.29, 1.82) is 5.26 Å². The molecule has 2 fully saturated rings. The van der Waals surface area contributed by atoms with Gasteiger partial charge in [0.25, 0.3) is 0 Å². The van der Waals surface area contributed by atoms with Gasteiger partial charge >= 0.3 is 0 Å². The number of methoxy groups -OCH3 is 1.